The van der Waals surface area contributed by atoms with E-state index in [9.17, 15) is 8.42 Å². The molecule has 0 bridgehead atoms. The Labute approximate surface area is 98.5 Å². The topological polar surface area (TPSA) is 69.4 Å². The summed E-state index contributed by atoms with van der Waals surface area (Å²) >= 11 is 0. The van der Waals surface area contributed by atoms with Crippen molar-refractivity contribution in [3.8, 4) is 0 Å². The van der Waals surface area contributed by atoms with Gasteiger partial charge in [-0.05, 0) is 12.3 Å². The van der Waals surface area contributed by atoms with E-state index in [2.05, 4.69) is 0 Å². The number of sulfone groups is 1. The van der Waals surface area contributed by atoms with Gasteiger partial charge < -0.3 is 10.5 Å². The molecule has 1 saturated heterocycles. The smallest absolute Gasteiger partial charge is 0.152 e. The van der Waals surface area contributed by atoms with E-state index in [-0.39, 0.29) is 29.4 Å². The highest BCUT2D eigenvalue weighted by Crippen LogP contribution is 2.17. The minimum absolute atomic E-state index is 0.103. The lowest BCUT2D eigenvalue weighted by molar-refractivity contribution is 0.182. The predicted octanol–water partition coefficient (Wildman–Crippen LogP) is 0.811. The molecule has 1 fully saturated rings. The second-order valence-electron chi connectivity index (χ2n) is 4.88. The number of rotatable bonds is 6. The lowest BCUT2D eigenvalue weighted by Crippen LogP contribution is -2.38. The SMILES string of the molecule is CCC(C)CS(=O)(=O)CC(N)C1CCOC1. The van der Waals surface area contributed by atoms with E-state index in [1.165, 1.54) is 0 Å². The van der Waals surface area contributed by atoms with Crippen molar-refractivity contribution in [3.63, 3.8) is 0 Å². The van der Waals surface area contributed by atoms with Gasteiger partial charge in [0.2, 0.25) is 0 Å². The van der Waals surface area contributed by atoms with Crippen molar-refractivity contribution in [2.45, 2.75) is 32.7 Å². The van der Waals surface area contributed by atoms with E-state index in [0.29, 0.717) is 13.2 Å². The molecular weight excluding hydrogens is 226 g/mol. The van der Waals surface area contributed by atoms with Gasteiger partial charge in [0.1, 0.15) is 0 Å². The third-order valence-corrected chi connectivity index (χ3v) is 5.22. The van der Waals surface area contributed by atoms with Crippen molar-refractivity contribution in [2.75, 3.05) is 24.7 Å². The Hall–Kier alpha value is -0.130. The van der Waals surface area contributed by atoms with Crippen LogP contribution in [0.2, 0.25) is 0 Å². The van der Waals surface area contributed by atoms with Gasteiger partial charge >= 0.3 is 0 Å². The van der Waals surface area contributed by atoms with Crippen LogP contribution in [-0.2, 0) is 14.6 Å². The van der Waals surface area contributed by atoms with Crippen molar-refractivity contribution in [1.82, 2.24) is 0 Å². The molecule has 0 amide bonds. The largest absolute Gasteiger partial charge is 0.381 e. The molecule has 0 aliphatic carbocycles. The maximum atomic E-state index is 11.8. The first-order valence-corrected chi connectivity index (χ1v) is 7.80. The highest BCUT2D eigenvalue weighted by molar-refractivity contribution is 7.91. The van der Waals surface area contributed by atoms with Gasteiger partial charge in [0, 0.05) is 18.6 Å². The van der Waals surface area contributed by atoms with Crippen LogP contribution in [0.25, 0.3) is 0 Å². The van der Waals surface area contributed by atoms with Crippen LogP contribution in [0.5, 0.6) is 0 Å². The average molecular weight is 249 g/mol. The van der Waals surface area contributed by atoms with Crippen molar-refractivity contribution < 1.29 is 13.2 Å². The summed E-state index contributed by atoms with van der Waals surface area (Å²) in [5, 5.41) is 0. The molecule has 96 valence electrons. The van der Waals surface area contributed by atoms with Crippen molar-refractivity contribution in [1.29, 1.82) is 0 Å². The second kappa shape index (κ2) is 5.98. The molecule has 1 heterocycles. The molecule has 3 unspecified atom stereocenters. The van der Waals surface area contributed by atoms with Gasteiger partial charge in [-0.3, -0.25) is 0 Å². The summed E-state index contributed by atoms with van der Waals surface area (Å²) in [6.45, 7) is 5.29. The van der Waals surface area contributed by atoms with Crippen LogP contribution in [0.4, 0.5) is 0 Å². The van der Waals surface area contributed by atoms with Gasteiger partial charge in [0.25, 0.3) is 0 Å². The molecule has 1 aliphatic heterocycles. The summed E-state index contributed by atoms with van der Waals surface area (Å²) < 4.78 is 28.9. The Balaban J connectivity index is 2.44. The maximum Gasteiger partial charge on any atom is 0.152 e. The predicted molar refractivity (Wildman–Crippen MR) is 65.0 cm³/mol. The minimum atomic E-state index is -3.01. The van der Waals surface area contributed by atoms with Crippen LogP contribution in [0.1, 0.15) is 26.7 Å². The fourth-order valence-corrected chi connectivity index (χ4v) is 4.04. The highest BCUT2D eigenvalue weighted by Gasteiger charge is 2.27. The van der Waals surface area contributed by atoms with Crippen molar-refractivity contribution >= 4 is 9.84 Å². The monoisotopic (exact) mass is 249 g/mol. The fraction of sp³-hybridized carbons (Fsp3) is 1.00. The summed E-state index contributed by atoms with van der Waals surface area (Å²) in [6, 6.07) is -0.267. The van der Waals surface area contributed by atoms with Crippen LogP contribution >= 0.6 is 0 Å². The van der Waals surface area contributed by atoms with Crippen LogP contribution in [-0.4, -0.2) is 39.2 Å². The molecule has 2 N–H and O–H groups in total. The number of nitrogens with two attached hydrogens (primary N) is 1. The first kappa shape index (κ1) is 13.9. The molecule has 0 radical (unpaired) electrons. The maximum absolute atomic E-state index is 11.8. The molecule has 4 nitrogen and oxygen atoms in total. The van der Waals surface area contributed by atoms with Crippen molar-refractivity contribution in [3.05, 3.63) is 0 Å². The zero-order chi connectivity index (χ0) is 12.2. The van der Waals surface area contributed by atoms with E-state index in [1.807, 2.05) is 13.8 Å². The Morgan fingerprint density at radius 3 is 2.62 bits per heavy atom. The molecule has 5 heteroatoms. The molecule has 1 rings (SSSR count). The van der Waals surface area contributed by atoms with Gasteiger partial charge in [0.15, 0.2) is 9.84 Å². The molecule has 1 aliphatic rings. The van der Waals surface area contributed by atoms with Crippen LogP contribution in [0, 0.1) is 11.8 Å². The quantitative estimate of drug-likeness (QED) is 0.756. The third kappa shape index (κ3) is 4.39. The van der Waals surface area contributed by atoms with Crippen LogP contribution in [0.3, 0.4) is 0 Å². The first-order valence-electron chi connectivity index (χ1n) is 5.98. The van der Waals surface area contributed by atoms with Crippen molar-refractivity contribution in [2.24, 2.45) is 17.6 Å². The first-order chi connectivity index (χ1) is 7.44. The van der Waals surface area contributed by atoms with E-state index >= 15 is 0 Å². The number of hydrogen-bond acceptors (Lipinski definition) is 4. The third-order valence-electron chi connectivity index (χ3n) is 3.25. The number of ether oxygens (including phenoxy) is 1. The Morgan fingerprint density at radius 1 is 1.44 bits per heavy atom. The zero-order valence-electron chi connectivity index (χ0n) is 10.2. The molecule has 0 aromatic heterocycles. The zero-order valence-corrected chi connectivity index (χ0v) is 11.0. The summed E-state index contributed by atoms with van der Waals surface area (Å²) in [6.07, 6.45) is 1.78. The Bertz CT molecular complexity index is 296. The molecule has 0 aromatic rings. The summed E-state index contributed by atoms with van der Waals surface area (Å²) in [7, 11) is -3.01. The van der Waals surface area contributed by atoms with Gasteiger partial charge in [-0.15, -0.1) is 0 Å². The molecule has 0 aromatic carbocycles. The van der Waals surface area contributed by atoms with E-state index in [1.54, 1.807) is 0 Å². The van der Waals surface area contributed by atoms with E-state index in [4.69, 9.17) is 10.5 Å². The molecule has 0 saturated carbocycles. The summed E-state index contributed by atoms with van der Waals surface area (Å²) in [4.78, 5) is 0. The van der Waals surface area contributed by atoms with E-state index < -0.39 is 9.84 Å². The standard InChI is InChI=1S/C11H23NO3S/c1-3-9(2)7-16(13,14)8-11(12)10-4-5-15-6-10/h9-11H,3-8,12H2,1-2H3. The summed E-state index contributed by atoms with van der Waals surface area (Å²) in [5.41, 5.74) is 5.92. The fourth-order valence-electron chi connectivity index (χ4n) is 1.94. The lowest BCUT2D eigenvalue weighted by atomic mass is 10.0. The summed E-state index contributed by atoms with van der Waals surface area (Å²) in [5.74, 6) is 0.791. The van der Waals surface area contributed by atoms with Gasteiger partial charge in [-0.2, -0.15) is 0 Å². The number of hydrogen-bond donors (Lipinski definition) is 1. The highest BCUT2D eigenvalue weighted by atomic mass is 32.2. The molecule has 0 spiro atoms. The Morgan fingerprint density at radius 2 is 2.12 bits per heavy atom. The normalized spacial score (nSPS) is 25.6. The lowest BCUT2D eigenvalue weighted by Gasteiger charge is -2.18. The minimum Gasteiger partial charge on any atom is -0.381 e. The van der Waals surface area contributed by atoms with Gasteiger partial charge in [-0.1, -0.05) is 20.3 Å². The molecule has 3 atom stereocenters. The van der Waals surface area contributed by atoms with E-state index in [0.717, 1.165) is 12.8 Å². The van der Waals surface area contributed by atoms with Crippen LogP contribution < -0.4 is 5.73 Å². The molecule has 16 heavy (non-hydrogen) atoms. The second-order valence-corrected chi connectivity index (χ2v) is 7.03. The Kier molecular flexibility index (Phi) is 5.21. The van der Waals surface area contributed by atoms with Crippen LogP contribution in [0.15, 0.2) is 0 Å². The van der Waals surface area contributed by atoms with Gasteiger partial charge in [0.05, 0.1) is 18.1 Å². The van der Waals surface area contributed by atoms with Gasteiger partial charge in [-0.25, -0.2) is 8.42 Å². The molecular formula is C11H23NO3S. The average Bonchev–Trinajstić information content (AvgIpc) is 2.68.